The molecule has 1 aromatic carbocycles. The van der Waals surface area contributed by atoms with Crippen LogP contribution in [0.3, 0.4) is 0 Å². The molecule has 0 fully saturated rings. The molecule has 0 aliphatic heterocycles. The highest BCUT2D eigenvalue weighted by Crippen LogP contribution is 2.19. The van der Waals surface area contributed by atoms with Gasteiger partial charge >= 0.3 is 0 Å². The van der Waals surface area contributed by atoms with E-state index in [0.717, 1.165) is 5.56 Å². The molecule has 1 N–H and O–H groups in total. The van der Waals surface area contributed by atoms with Gasteiger partial charge in [0.15, 0.2) is 0 Å². The number of rotatable bonds is 6. The maximum absolute atomic E-state index is 10.3. The highest BCUT2D eigenvalue weighted by Gasteiger charge is 2.15. The Kier molecular flexibility index (Phi) is 4.71. The third-order valence-electron chi connectivity index (χ3n) is 2.89. The number of hydrogen-bond acceptors (Lipinski definition) is 3. The normalized spacial score (nSPS) is 12.8. The smallest absolute Gasteiger partial charge is 0.142 e. The molecule has 0 spiro atoms. The number of aliphatic hydroxyl groups excluding tert-OH is 1. The van der Waals surface area contributed by atoms with Gasteiger partial charge in [-0.15, -0.1) is 0 Å². The first kappa shape index (κ1) is 13.8. The van der Waals surface area contributed by atoms with Crippen LogP contribution in [0.2, 0.25) is 0 Å². The largest absolute Gasteiger partial charge is 0.380 e. The second-order valence-electron chi connectivity index (χ2n) is 4.71. The van der Waals surface area contributed by atoms with E-state index in [2.05, 4.69) is 4.98 Å². The number of nitrogens with zero attached hydrogens (tertiary/aromatic N) is 2. The predicted octanol–water partition coefficient (Wildman–Crippen LogP) is 2.39. The third-order valence-corrected chi connectivity index (χ3v) is 2.89. The van der Waals surface area contributed by atoms with Crippen molar-refractivity contribution in [2.45, 2.75) is 32.6 Å². The fraction of sp³-hybridized carbons (Fsp3) is 0.400. The Hall–Kier alpha value is -1.65. The third kappa shape index (κ3) is 3.66. The quantitative estimate of drug-likeness (QED) is 0.867. The Bertz CT molecular complexity index is 494. The monoisotopic (exact) mass is 260 g/mol. The zero-order valence-corrected chi connectivity index (χ0v) is 11.4. The lowest BCUT2D eigenvalue weighted by molar-refractivity contribution is 0.0711. The summed E-state index contributed by atoms with van der Waals surface area (Å²) in [7, 11) is 0. The van der Waals surface area contributed by atoms with Gasteiger partial charge in [0.05, 0.1) is 12.7 Å². The van der Waals surface area contributed by atoms with Gasteiger partial charge in [-0.3, -0.25) is 0 Å². The molecule has 4 nitrogen and oxygen atoms in total. The van der Waals surface area contributed by atoms with Gasteiger partial charge in [0, 0.05) is 18.9 Å². The fourth-order valence-corrected chi connectivity index (χ4v) is 1.93. The zero-order chi connectivity index (χ0) is 13.7. The van der Waals surface area contributed by atoms with Crippen LogP contribution in [0, 0.1) is 0 Å². The molecule has 0 radical (unpaired) electrons. The first-order valence-corrected chi connectivity index (χ1v) is 6.54. The summed E-state index contributed by atoms with van der Waals surface area (Å²) in [6.45, 7) is 5.32. The van der Waals surface area contributed by atoms with Crippen LogP contribution >= 0.6 is 0 Å². The van der Waals surface area contributed by atoms with Crippen molar-refractivity contribution in [2.75, 3.05) is 6.61 Å². The summed E-state index contributed by atoms with van der Waals surface area (Å²) in [5, 5.41) is 10.3. The molecule has 0 bridgehead atoms. The summed E-state index contributed by atoms with van der Waals surface area (Å²) >= 11 is 0. The molecule has 1 atom stereocenters. The summed E-state index contributed by atoms with van der Waals surface area (Å²) in [5.41, 5.74) is 0.847. The Balaban J connectivity index is 2.06. The number of aliphatic hydroxyl groups is 1. The van der Waals surface area contributed by atoms with Crippen LogP contribution in [0.15, 0.2) is 42.7 Å². The molecule has 4 heteroatoms. The molecule has 2 rings (SSSR count). The van der Waals surface area contributed by atoms with Gasteiger partial charge in [-0.1, -0.05) is 30.3 Å². The minimum Gasteiger partial charge on any atom is -0.380 e. The summed E-state index contributed by atoms with van der Waals surface area (Å²) in [5.74, 6) is 0.651. The minimum atomic E-state index is -0.699. The molecule has 0 saturated carbocycles. The van der Waals surface area contributed by atoms with Crippen LogP contribution < -0.4 is 0 Å². The van der Waals surface area contributed by atoms with Crippen molar-refractivity contribution in [3.63, 3.8) is 0 Å². The maximum atomic E-state index is 10.3. The summed E-state index contributed by atoms with van der Waals surface area (Å²) in [6.07, 6.45) is 3.09. The number of ether oxygens (including phenoxy) is 1. The summed E-state index contributed by atoms with van der Waals surface area (Å²) in [6, 6.07) is 9.54. The van der Waals surface area contributed by atoms with Crippen molar-refractivity contribution < 1.29 is 9.84 Å². The molecule has 0 unspecified atom stereocenters. The van der Waals surface area contributed by atoms with E-state index in [4.69, 9.17) is 4.74 Å². The standard InChI is InChI=1S/C15H20N2O2/c1-12(2)19-11-10-17-9-8-16-15(17)14(18)13-6-4-3-5-7-13/h3-9,12,14,18H,10-11H2,1-2H3/t14-/m1/s1. The molecule has 2 aromatic rings. The Morgan fingerprint density at radius 2 is 2.00 bits per heavy atom. The van der Waals surface area contributed by atoms with Crippen molar-refractivity contribution >= 4 is 0 Å². The van der Waals surface area contributed by atoms with Gasteiger partial charge in [0.25, 0.3) is 0 Å². The lowest BCUT2D eigenvalue weighted by Crippen LogP contribution is -2.14. The lowest BCUT2D eigenvalue weighted by Gasteiger charge is -2.14. The van der Waals surface area contributed by atoms with Crippen molar-refractivity contribution in [1.29, 1.82) is 0 Å². The van der Waals surface area contributed by atoms with E-state index in [9.17, 15) is 5.11 Å². The minimum absolute atomic E-state index is 0.214. The average Bonchev–Trinajstić information content (AvgIpc) is 2.87. The molecule has 1 aromatic heterocycles. The van der Waals surface area contributed by atoms with Crippen LogP contribution in [0.1, 0.15) is 31.3 Å². The van der Waals surface area contributed by atoms with Crippen molar-refractivity contribution in [2.24, 2.45) is 0 Å². The SMILES string of the molecule is CC(C)OCCn1ccnc1[C@H](O)c1ccccc1. The number of imidazole rings is 1. The van der Waals surface area contributed by atoms with E-state index in [1.807, 2.05) is 54.9 Å². The van der Waals surface area contributed by atoms with E-state index in [0.29, 0.717) is 19.0 Å². The van der Waals surface area contributed by atoms with E-state index < -0.39 is 6.10 Å². The van der Waals surface area contributed by atoms with Crippen LogP contribution in [0.5, 0.6) is 0 Å². The molecule has 0 aliphatic rings. The van der Waals surface area contributed by atoms with Crippen molar-refractivity contribution in [3.8, 4) is 0 Å². The molecular weight excluding hydrogens is 240 g/mol. The van der Waals surface area contributed by atoms with Crippen molar-refractivity contribution in [1.82, 2.24) is 9.55 Å². The predicted molar refractivity (Wildman–Crippen MR) is 73.8 cm³/mol. The van der Waals surface area contributed by atoms with Crippen LogP contribution in [0.4, 0.5) is 0 Å². The van der Waals surface area contributed by atoms with E-state index in [1.54, 1.807) is 6.20 Å². The highest BCUT2D eigenvalue weighted by atomic mass is 16.5. The zero-order valence-electron chi connectivity index (χ0n) is 11.4. The van der Waals surface area contributed by atoms with Crippen LogP contribution in [-0.2, 0) is 11.3 Å². The van der Waals surface area contributed by atoms with E-state index in [-0.39, 0.29) is 6.10 Å². The summed E-state index contributed by atoms with van der Waals surface area (Å²) in [4.78, 5) is 4.25. The van der Waals surface area contributed by atoms with Gasteiger partial charge in [-0.05, 0) is 19.4 Å². The average molecular weight is 260 g/mol. The highest BCUT2D eigenvalue weighted by molar-refractivity contribution is 5.22. The lowest BCUT2D eigenvalue weighted by atomic mass is 10.1. The Morgan fingerprint density at radius 3 is 2.68 bits per heavy atom. The second kappa shape index (κ2) is 6.50. The fourth-order valence-electron chi connectivity index (χ4n) is 1.93. The van der Waals surface area contributed by atoms with Crippen molar-refractivity contribution in [3.05, 3.63) is 54.1 Å². The van der Waals surface area contributed by atoms with Crippen LogP contribution in [0.25, 0.3) is 0 Å². The second-order valence-corrected chi connectivity index (χ2v) is 4.71. The number of hydrogen-bond donors (Lipinski definition) is 1. The topological polar surface area (TPSA) is 47.3 Å². The van der Waals surface area contributed by atoms with E-state index >= 15 is 0 Å². The summed E-state index contributed by atoms with van der Waals surface area (Å²) < 4.78 is 7.46. The molecule has 0 amide bonds. The van der Waals surface area contributed by atoms with Gasteiger partial charge < -0.3 is 14.4 Å². The van der Waals surface area contributed by atoms with Gasteiger partial charge in [-0.2, -0.15) is 0 Å². The molecule has 1 heterocycles. The first-order valence-electron chi connectivity index (χ1n) is 6.54. The molecule has 19 heavy (non-hydrogen) atoms. The molecule has 102 valence electrons. The molecule has 0 saturated heterocycles. The van der Waals surface area contributed by atoms with Gasteiger partial charge in [-0.25, -0.2) is 4.98 Å². The molecule has 0 aliphatic carbocycles. The van der Waals surface area contributed by atoms with Gasteiger partial charge in [0.1, 0.15) is 11.9 Å². The van der Waals surface area contributed by atoms with E-state index in [1.165, 1.54) is 0 Å². The molecular formula is C15H20N2O2. The Morgan fingerprint density at radius 1 is 1.26 bits per heavy atom. The van der Waals surface area contributed by atoms with Gasteiger partial charge in [0.2, 0.25) is 0 Å². The Labute approximate surface area is 113 Å². The first-order chi connectivity index (χ1) is 9.18. The number of aromatic nitrogens is 2. The maximum Gasteiger partial charge on any atom is 0.142 e. The number of benzene rings is 1. The van der Waals surface area contributed by atoms with Crippen LogP contribution in [-0.4, -0.2) is 27.4 Å².